The summed E-state index contributed by atoms with van der Waals surface area (Å²) in [4.78, 5) is 7.96. The summed E-state index contributed by atoms with van der Waals surface area (Å²) in [6, 6.07) is 5.17. The van der Waals surface area contributed by atoms with E-state index >= 15 is 0 Å². The molecule has 24 heavy (non-hydrogen) atoms. The molecule has 5 nitrogen and oxygen atoms in total. The third kappa shape index (κ3) is 4.50. The highest BCUT2D eigenvalue weighted by Crippen LogP contribution is 2.35. The summed E-state index contributed by atoms with van der Waals surface area (Å²) in [5.41, 5.74) is 12.1. The number of aromatic nitrogens is 2. The molecule has 0 aliphatic rings. The zero-order chi connectivity index (χ0) is 17.7. The molecule has 0 aliphatic heterocycles. The molecule has 0 unspecified atom stereocenters. The second kappa shape index (κ2) is 7.37. The van der Waals surface area contributed by atoms with Crippen molar-refractivity contribution in [1.82, 2.24) is 9.97 Å². The van der Waals surface area contributed by atoms with E-state index in [4.69, 9.17) is 16.2 Å². The number of hydrogen-bond acceptors (Lipinski definition) is 5. The maximum Gasteiger partial charge on any atom is 0.419 e. The van der Waals surface area contributed by atoms with E-state index in [9.17, 15) is 13.2 Å². The van der Waals surface area contributed by atoms with Crippen LogP contribution in [0.15, 0.2) is 24.3 Å². The Hall–Kier alpha value is -2.51. The number of aryl methyl sites for hydroxylation is 1. The van der Waals surface area contributed by atoms with E-state index in [-0.39, 0.29) is 18.3 Å². The van der Waals surface area contributed by atoms with Gasteiger partial charge in [0.25, 0.3) is 0 Å². The van der Waals surface area contributed by atoms with Crippen molar-refractivity contribution in [2.45, 2.75) is 32.4 Å². The first-order valence-electron chi connectivity index (χ1n) is 7.46. The molecule has 0 radical (unpaired) electrons. The number of nitrogens with zero attached hydrogens (tertiary/aromatic N) is 2. The number of anilines is 2. The minimum atomic E-state index is -4.43. The molecule has 1 heterocycles. The highest BCUT2D eigenvalue weighted by atomic mass is 19.4. The van der Waals surface area contributed by atoms with Gasteiger partial charge in [-0.3, -0.25) is 0 Å². The molecule has 0 aliphatic carbocycles. The highest BCUT2D eigenvalue weighted by molar-refractivity contribution is 5.45. The fourth-order valence-corrected chi connectivity index (χ4v) is 2.36. The number of rotatable bonds is 6. The average Bonchev–Trinajstić information content (AvgIpc) is 2.48. The lowest BCUT2D eigenvalue weighted by Crippen LogP contribution is -2.10. The van der Waals surface area contributed by atoms with Crippen LogP contribution in [0.5, 0.6) is 5.75 Å². The van der Waals surface area contributed by atoms with Crippen molar-refractivity contribution in [3.63, 3.8) is 0 Å². The Bertz CT molecular complexity index is 681. The third-order valence-corrected chi connectivity index (χ3v) is 3.53. The first-order valence-corrected chi connectivity index (χ1v) is 7.46. The monoisotopic (exact) mass is 340 g/mol. The first-order chi connectivity index (χ1) is 11.3. The van der Waals surface area contributed by atoms with Crippen LogP contribution in [0.1, 0.15) is 29.7 Å². The second-order valence-electron chi connectivity index (χ2n) is 5.33. The number of nitrogen functional groups attached to an aromatic ring is 2. The van der Waals surface area contributed by atoms with Gasteiger partial charge in [-0.05, 0) is 38.3 Å². The van der Waals surface area contributed by atoms with Crippen molar-refractivity contribution in [3.05, 3.63) is 41.1 Å². The van der Waals surface area contributed by atoms with Gasteiger partial charge in [0.15, 0.2) is 0 Å². The van der Waals surface area contributed by atoms with E-state index in [1.807, 2.05) is 0 Å². The molecule has 0 atom stereocenters. The van der Waals surface area contributed by atoms with Gasteiger partial charge < -0.3 is 16.2 Å². The minimum absolute atomic E-state index is 0.126. The molecule has 0 bridgehead atoms. The molecule has 0 spiro atoms. The van der Waals surface area contributed by atoms with Gasteiger partial charge in [0.1, 0.15) is 11.6 Å². The number of benzene rings is 1. The van der Waals surface area contributed by atoms with Crippen LogP contribution in [0.2, 0.25) is 0 Å². The normalized spacial score (nSPS) is 11.5. The van der Waals surface area contributed by atoms with Gasteiger partial charge in [0.2, 0.25) is 5.95 Å². The van der Waals surface area contributed by atoms with Gasteiger partial charge in [0.05, 0.1) is 12.2 Å². The highest BCUT2D eigenvalue weighted by Gasteiger charge is 2.33. The Kier molecular flexibility index (Phi) is 5.48. The summed E-state index contributed by atoms with van der Waals surface area (Å²) in [6.07, 6.45) is -2.55. The molecule has 0 amide bonds. The number of ether oxygens (including phenoxy) is 1. The van der Waals surface area contributed by atoms with E-state index in [2.05, 4.69) is 9.97 Å². The van der Waals surface area contributed by atoms with Crippen molar-refractivity contribution in [3.8, 4) is 5.75 Å². The van der Waals surface area contributed by atoms with Crippen LogP contribution in [-0.2, 0) is 12.6 Å². The van der Waals surface area contributed by atoms with Crippen LogP contribution in [0.25, 0.3) is 0 Å². The van der Waals surface area contributed by atoms with Crippen molar-refractivity contribution in [1.29, 1.82) is 0 Å². The van der Waals surface area contributed by atoms with Crippen LogP contribution < -0.4 is 16.2 Å². The first kappa shape index (κ1) is 17.8. The fraction of sp³-hybridized carbons (Fsp3) is 0.375. The van der Waals surface area contributed by atoms with Crippen LogP contribution in [0.4, 0.5) is 24.9 Å². The lowest BCUT2D eigenvalue weighted by molar-refractivity contribution is -0.138. The van der Waals surface area contributed by atoms with Gasteiger partial charge in [-0.1, -0.05) is 12.1 Å². The largest absolute Gasteiger partial charge is 0.493 e. The number of hydrogen-bond donors (Lipinski definition) is 2. The Morgan fingerprint density at radius 1 is 1.08 bits per heavy atom. The lowest BCUT2D eigenvalue weighted by Gasteiger charge is -2.14. The summed E-state index contributed by atoms with van der Waals surface area (Å²) in [5.74, 6) is 0.306. The SMILES string of the molecule is Cc1nc(N)nc(N)c1CCCCOc1ccccc1C(F)(F)F. The number of unbranched alkanes of at least 4 members (excludes halogenated alkanes) is 1. The molecule has 2 rings (SSSR count). The van der Waals surface area contributed by atoms with Gasteiger partial charge in [-0.15, -0.1) is 0 Å². The van der Waals surface area contributed by atoms with Gasteiger partial charge in [-0.2, -0.15) is 18.2 Å². The third-order valence-electron chi connectivity index (χ3n) is 3.53. The summed E-state index contributed by atoms with van der Waals surface area (Å²) in [5, 5.41) is 0. The minimum Gasteiger partial charge on any atom is -0.493 e. The van der Waals surface area contributed by atoms with Crippen molar-refractivity contribution >= 4 is 11.8 Å². The number of nitrogens with two attached hydrogens (primary N) is 2. The number of halogens is 3. The Morgan fingerprint density at radius 2 is 1.79 bits per heavy atom. The maximum absolute atomic E-state index is 12.8. The molecule has 1 aromatic heterocycles. The summed E-state index contributed by atoms with van der Waals surface area (Å²) in [7, 11) is 0. The average molecular weight is 340 g/mol. The van der Waals surface area contributed by atoms with Crippen LogP contribution in [0.3, 0.4) is 0 Å². The van der Waals surface area contributed by atoms with Crippen molar-refractivity contribution in [2.24, 2.45) is 0 Å². The smallest absolute Gasteiger partial charge is 0.419 e. The summed E-state index contributed by atoms with van der Waals surface area (Å²) >= 11 is 0. The molecular weight excluding hydrogens is 321 g/mol. The van der Waals surface area contributed by atoms with Crippen LogP contribution in [0, 0.1) is 6.92 Å². The molecule has 0 saturated heterocycles. The van der Waals surface area contributed by atoms with Gasteiger partial charge in [0, 0.05) is 11.3 Å². The van der Waals surface area contributed by atoms with Gasteiger partial charge in [-0.25, -0.2) is 4.98 Å². The number of alkyl halides is 3. The zero-order valence-corrected chi connectivity index (χ0v) is 13.2. The summed E-state index contributed by atoms with van der Waals surface area (Å²) < 4.78 is 43.8. The maximum atomic E-state index is 12.8. The van der Waals surface area contributed by atoms with Gasteiger partial charge >= 0.3 is 6.18 Å². The Labute approximate surface area is 137 Å². The standard InChI is InChI=1S/C16H19F3N4O/c1-10-11(14(20)23-15(21)22-10)6-4-5-9-24-13-8-3-2-7-12(13)16(17,18)19/h2-3,7-8H,4-6,9H2,1H3,(H4,20,21,22,23). The second-order valence-corrected chi connectivity index (χ2v) is 5.33. The lowest BCUT2D eigenvalue weighted by atomic mass is 10.1. The quantitative estimate of drug-likeness (QED) is 0.787. The van der Waals surface area contributed by atoms with E-state index in [1.54, 1.807) is 6.92 Å². The van der Waals surface area contributed by atoms with E-state index in [1.165, 1.54) is 18.2 Å². The molecule has 0 saturated carbocycles. The Balaban J connectivity index is 1.87. The van der Waals surface area contributed by atoms with Crippen LogP contribution in [-0.4, -0.2) is 16.6 Å². The molecule has 0 fully saturated rings. The van der Waals surface area contributed by atoms with E-state index in [0.29, 0.717) is 30.8 Å². The van der Waals surface area contributed by atoms with Crippen molar-refractivity contribution in [2.75, 3.05) is 18.1 Å². The number of para-hydroxylation sites is 1. The predicted octanol–water partition coefficient (Wildman–Crippen LogP) is 3.37. The zero-order valence-electron chi connectivity index (χ0n) is 13.2. The van der Waals surface area contributed by atoms with E-state index in [0.717, 1.165) is 11.6 Å². The molecule has 4 N–H and O–H groups in total. The van der Waals surface area contributed by atoms with Crippen LogP contribution >= 0.6 is 0 Å². The molecular formula is C16H19F3N4O. The molecule has 2 aromatic rings. The predicted molar refractivity (Wildman–Crippen MR) is 85.5 cm³/mol. The van der Waals surface area contributed by atoms with Crippen molar-refractivity contribution < 1.29 is 17.9 Å². The van der Waals surface area contributed by atoms with E-state index < -0.39 is 11.7 Å². The topological polar surface area (TPSA) is 87.0 Å². The Morgan fingerprint density at radius 3 is 2.46 bits per heavy atom. The fourth-order valence-electron chi connectivity index (χ4n) is 2.36. The molecule has 1 aromatic carbocycles. The summed E-state index contributed by atoms with van der Waals surface area (Å²) in [6.45, 7) is 1.97. The molecule has 130 valence electrons. The molecule has 8 heteroatoms.